The van der Waals surface area contributed by atoms with Crippen LogP contribution in [0.1, 0.15) is 55.8 Å². The number of unbranched alkanes of at least 4 members (excludes halogenated alkanes) is 1. The van der Waals surface area contributed by atoms with Crippen LogP contribution in [-0.2, 0) is 27.3 Å². The minimum absolute atomic E-state index is 0.0140. The highest BCUT2D eigenvalue weighted by atomic mass is 16.5. The first-order valence-corrected chi connectivity index (χ1v) is 15.6. The number of benzene rings is 2. The summed E-state index contributed by atoms with van der Waals surface area (Å²) >= 11 is 0. The molecule has 3 atom stereocenters. The Morgan fingerprint density at radius 2 is 1.77 bits per heavy atom. The third-order valence-electron chi connectivity index (χ3n) is 9.11. The maximum atomic E-state index is 14.1. The summed E-state index contributed by atoms with van der Waals surface area (Å²) in [5.74, 6) is 0.367. The summed E-state index contributed by atoms with van der Waals surface area (Å²) in [5, 5.41) is 10.7. The van der Waals surface area contributed by atoms with Gasteiger partial charge in [-0.05, 0) is 65.8 Å². The van der Waals surface area contributed by atoms with Crippen molar-refractivity contribution in [2.45, 2.75) is 52.1 Å². The summed E-state index contributed by atoms with van der Waals surface area (Å²) in [6, 6.07) is 13.5. The number of nitrogens with zero attached hydrogens (tertiary/aromatic N) is 2. The molecular formula is C36H44N2O6. The van der Waals surface area contributed by atoms with Gasteiger partial charge in [0, 0.05) is 31.6 Å². The lowest BCUT2D eigenvalue weighted by Gasteiger charge is -2.30. The summed E-state index contributed by atoms with van der Waals surface area (Å²) in [4.78, 5) is 31.1. The fourth-order valence-electron chi connectivity index (χ4n) is 6.68. The van der Waals surface area contributed by atoms with Crippen molar-refractivity contribution in [3.8, 4) is 11.5 Å². The van der Waals surface area contributed by atoms with Gasteiger partial charge in [0.1, 0.15) is 12.4 Å². The smallest absolute Gasteiger partial charge is 0.309 e. The molecule has 0 bridgehead atoms. The van der Waals surface area contributed by atoms with E-state index in [2.05, 4.69) is 37.0 Å². The molecule has 234 valence electrons. The largest absolute Gasteiger partial charge is 0.493 e. The van der Waals surface area contributed by atoms with E-state index < -0.39 is 17.9 Å². The van der Waals surface area contributed by atoms with Crippen LogP contribution in [0.2, 0.25) is 0 Å². The van der Waals surface area contributed by atoms with Crippen molar-refractivity contribution < 1.29 is 28.9 Å². The third kappa shape index (κ3) is 6.70. The molecule has 1 fully saturated rings. The highest BCUT2D eigenvalue weighted by Gasteiger charge is 2.49. The molecule has 0 saturated carbocycles. The van der Waals surface area contributed by atoms with Gasteiger partial charge in [-0.1, -0.05) is 62.2 Å². The Morgan fingerprint density at radius 3 is 2.45 bits per heavy atom. The van der Waals surface area contributed by atoms with Gasteiger partial charge in [-0.15, -0.1) is 0 Å². The van der Waals surface area contributed by atoms with Crippen molar-refractivity contribution in [1.29, 1.82) is 0 Å². The van der Waals surface area contributed by atoms with Crippen LogP contribution in [0, 0.1) is 11.8 Å². The minimum atomic E-state index is -0.838. The van der Waals surface area contributed by atoms with Crippen LogP contribution in [0.5, 0.6) is 11.5 Å². The number of aliphatic carboxylic acids is 1. The standard InChI is InChI=1S/C36H44N2O6/c1-5-7-17-37(21-25-10-14-31(42-3)32(19-25)43-4)33(39)23-38-22-29(27-13-15-30-28(20-27)16-18-44-30)34(36(40)41)35(38)26-11-8-24(6-2)9-12-26/h8-16,19,29,34-35H,5-7,17-18,20-23H2,1-4H3,(H,40,41)/t29-,34+,35-/m1/s1. The van der Waals surface area contributed by atoms with E-state index in [-0.39, 0.29) is 18.4 Å². The predicted molar refractivity (Wildman–Crippen MR) is 169 cm³/mol. The van der Waals surface area contributed by atoms with Crippen LogP contribution in [0.3, 0.4) is 0 Å². The van der Waals surface area contributed by atoms with Gasteiger partial charge >= 0.3 is 5.97 Å². The number of amides is 1. The molecule has 1 saturated heterocycles. The number of carboxylic acid groups (broad SMARTS) is 1. The van der Waals surface area contributed by atoms with E-state index in [1.165, 1.54) is 5.56 Å². The molecule has 2 aromatic rings. The molecule has 1 amide bonds. The number of carboxylic acids is 1. The summed E-state index contributed by atoms with van der Waals surface area (Å²) in [6.45, 7) is 6.44. The lowest BCUT2D eigenvalue weighted by atomic mass is 9.79. The topological polar surface area (TPSA) is 88.5 Å². The van der Waals surface area contributed by atoms with Crippen LogP contribution >= 0.6 is 0 Å². The first kappa shape index (κ1) is 31.4. The number of hydrogen-bond donors (Lipinski definition) is 1. The third-order valence-corrected chi connectivity index (χ3v) is 9.11. The summed E-state index contributed by atoms with van der Waals surface area (Å²) in [6.07, 6.45) is 9.48. The van der Waals surface area contributed by atoms with Crippen LogP contribution in [0.4, 0.5) is 0 Å². The lowest BCUT2D eigenvalue weighted by molar-refractivity contribution is -0.144. The molecule has 2 aliphatic heterocycles. The molecule has 44 heavy (non-hydrogen) atoms. The minimum Gasteiger partial charge on any atom is -0.493 e. The molecule has 0 aromatic heterocycles. The van der Waals surface area contributed by atoms with Crippen molar-refractivity contribution in [3.63, 3.8) is 0 Å². The van der Waals surface area contributed by atoms with Crippen molar-refractivity contribution in [2.24, 2.45) is 11.8 Å². The molecule has 1 N–H and O–H groups in total. The highest BCUT2D eigenvalue weighted by Crippen LogP contribution is 2.47. The fraction of sp³-hybridized carbons (Fsp3) is 0.444. The number of methoxy groups -OCH3 is 2. The van der Waals surface area contributed by atoms with E-state index in [1.54, 1.807) is 14.2 Å². The average molecular weight is 601 g/mol. The monoisotopic (exact) mass is 600 g/mol. The highest BCUT2D eigenvalue weighted by molar-refractivity contribution is 5.79. The normalized spacial score (nSPS) is 21.1. The second-order valence-corrected chi connectivity index (χ2v) is 11.8. The van der Waals surface area contributed by atoms with E-state index in [0.717, 1.165) is 47.3 Å². The van der Waals surface area contributed by atoms with Crippen LogP contribution in [0.25, 0.3) is 0 Å². The zero-order valence-corrected chi connectivity index (χ0v) is 26.3. The lowest BCUT2D eigenvalue weighted by Crippen LogP contribution is -2.41. The molecule has 0 radical (unpaired) electrons. The van der Waals surface area contributed by atoms with Crippen LogP contribution < -0.4 is 9.47 Å². The Balaban J connectivity index is 1.45. The second kappa shape index (κ2) is 14.2. The summed E-state index contributed by atoms with van der Waals surface area (Å²) < 4.78 is 16.6. The van der Waals surface area contributed by atoms with Crippen molar-refractivity contribution in [1.82, 2.24) is 9.80 Å². The number of aryl methyl sites for hydroxylation is 1. The number of fused-ring (bicyclic) bond motifs is 1. The number of ether oxygens (including phenoxy) is 3. The average Bonchev–Trinajstić information content (AvgIpc) is 3.67. The van der Waals surface area contributed by atoms with E-state index in [9.17, 15) is 14.7 Å². The van der Waals surface area contributed by atoms with Gasteiger partial charge in [0.05, 0.1) is 26.7 Å². The fourth-order valence-corrected chi connectivity index (χ4v) is 6.68. The summed E-state index contributed by atoms with van der Waals surface area (Å²) in [5.41, 5.74) is 5.27. The molecule has 2 heterocycles. The number of allylic oxidation sites excluding steroid dienone is 3. The SMILES string of the molecule is CCCCN(Cc1ccc(OC)c(OC)c1)C(=O)CN1C[C@H](C2=CC=C3OCC=C3C2)[C@H](C(=O)O)[C@H]1c1ccc(CC)cc1. The molecular weight excluding hydrogens is 556 g/mol. The van der Waals surface area contributed by atoms with Gasteiger partial charge in [-0.25, -0.2) is 0 Å². The van der Waals surface area contributed by atoms with Gasteiger partial charge in [0.15, 0.2) is 11.5 Å². The number of carbonyl (C=O) groups is 2. The van der Waals surface area contributed by atoms with E-state index in [4.69, 9.17) is 14.2 Å². The molecule has 3 aliphatic rings. The Morgan fingerprint density at radius 1 is 1.02 bits per heavy atom. The van der Waals surface area contributed by atoms with Crippen LogP contribution in [0.15, 0.2) is 77.6 Å². The quantitative estimate of drug-likeness (QED) is 0.305. The van der Waals surface area contributed by atoms with E-state index in [1.807, 2.05) is 47.4 Å². The molecule has 5 rings (SSSR count). The van der Waals surface area contributed by atoms with Gasteiger partial charge in [0.25, 0.3) is 0 Å². The predicted octanol–water partition coefficient (Wildman–Crippen LogP) is 5.94. The van der Waals surface area contributed by atoms with Gasteiger partial charge < -0.3 is 24.2 Å². The van der Waals surface area contributed by atoms with Crippen molar-refractivity contribution in [3.05, 3.63) is 94.3 Å². The zero-order chi connectivity index (χ0) is 31.2. The van der Waals surface area contributed by atoms with Crippen LogP contribution in [-0.4, -0.2) is 67.2 Å². The number of likely N-dealkylation sites (tertiary alicyclic amines) is 1. The number of carbonyl (C=O) groups excluding carboxylic acids is 1. The molecule has 8 heteroatoms. The maximum absolute atomic E-state index is 14.1. The van der Waals surface area contributed by atoms with Gasteiger partial charge in [-0.2, -0.15) is 0 Å². The molecule has 2 aromatic carbocycles. The maximum Gasteiger partial charge on any atom is 0.309 e. The Kier molecular flexibility index (Phi) is 10.1. The molecule has 0 unspecified atom stereocenters. The first-order valence-electron chi connectivity index (χ1n) is 15.6. The van der Waals surface area contributed by atoms with Gasteiger partial charge in [-0.3, -0.25) is 14.5 Å². The second-order valence-electron chi connectivity index (χ2n) is 11.8. The first-order chi connectivity index (χ1) is 21.4. The van der Waals surface area contributed by atoms with E-state index >= 15 is 0 Å². The van der Waals surface area contributed by atoms with Crippen molar-refractivity contribution in [2.75, 3.05) is 40.5 Å². The van der Waals surface area contributed by atoms with Crippen molar-refractivity contribution >= 4 is 11.9 Å². The number of rotatable bonds is 13. The van der Waals surface area contributed by atoms with E-state index in [0.29, 0.717) is 44.2 Å². The number of hydrogen-bond acceptors (Lipinski definition) is 6. The molecule has 1 aliphatic carbocycles. The molecule has 8 nitrogen and oxygen atoms in total. The zero-order valence-electron chi connectivity index (χ0n) is 26.3. The Bertz CT molecular complexity index is 1440. The Labute approximate surface area is 260 Å². The Hall–Kier alpha value is -4.04. The molecule has 0 spiro atoms. The van der Waals surface area contributed by atoms with Gasteiger partial charge in [0.2, 0.25) is 5.91 Å². The summed E-state index contributed by atoms with van der Waals surface area (Å²) in [7, 11) is 3.21.